The van der Waals surface area contributed by atoms with E-state index in [2.05, 4.69) is 50.6 Å². The quantitative estimate of drug-likeness (QED) is 0.766. The summed E-state index contributed by atoms with van der Waals surface area (Å²) in [4.78, 5) is 0. The van der Waals surface area contributed by atoms with Gasteiger partial charge in [-0.3, -0.25) is 4.68 Å². The SMILES string of the molecule is C[C@H]1CC[C@@H]1n1cc(B2OC(C)(C)C(C)(C)O2)cn1. The number of hydrogen-bond acceptors (Lipinski definition) is 3. The van der Waals surface area contributed by atoms with E-state index >= 15 is 0 Å². The van der Waals surface area contributed by atoms with E-state index in [4.69, 9.17) is 9.31 Å². The van der Waals surface area contributed by atoms with Crippen LogP contribution in [0.1, 0.15) is 53.5 Å². The molecule has 4 nitrogen and oxygen atoms in total. The summed E-state index contributed by atoms with van der Waals surface area (Å²) in [7, 11) is -0.297. The zero-order valence-corrected chi connectivity index (χ0v) is 12.5. The fraction of sp³-hybridized carbons (Fsp3) is 0.786. The van der Waals surface area contributed by atoms with Crippen molar-refractivity contribution < 1.29 is 9.31 Å². The van der Waals surface area contributed by atoms with Gasteiger partial charge < -0.3 is 9.31 Å². The predicted molar refractivity (Wildman–Crippen MR) is 75.4 cm³/mol. The molecule has 3 rings (SSSR count). The van der Waals surface area contributed by atoms with Gasteiger partial charge in [-0.25, -0.2) is 0 Å². The van der Waals surface area contributed by atoms with Crippen LogP contribution in [0, 0.1) is 5.92 Å². The summed E-state index contributed by atoms with van der Waals surface area (Å²) in [6.45, 7) is 10.6. The minimum atomic E-state index is -0.297. The molecule has 5 heteroatoms. The van der Waals surface area contributed by atoms with Gasteiger partial charge in [0.1, 0.15) is 0 Å². The first-order valence-electron chi connectivity index (χ1n) is 7.20. The highest BCUT2D eigenvalue weighted by atomic mass is 16.7. The number of hydrogen-bond donors (Lipinski definition) is 0. The van der Waals surface area contributed by atoms with Crippen molar-refractivity contribution in [2.24, 2.45) is 5.92 Å². The second-order valence-electron chi connectivity index (χ2n) is 6.96. The minimum absolute atomic E-state index is 0.288. The highest BCUT2D eigenvalue weighted by molar-refractivity contribution is 6.61. The van der Waals surface area contributed by atoms with Crippen molar-refractivity contribution in [1.29, 1.82) is 0 Å². The largest absolute Gasteiger partial charge is 0.498 e. The standard InChI is InChI=1S/C14H23BN2O2/c1-10-6-7-12(10)17-9-11(8-16-17)15-18-13(2,3)14(4,5)19-15/h8-10,12H,6-7H2,1-5H3/t10-,12-/m0/s1. The number of rotatable bonds is 2. The second kappa shape index (κ2) is 4.09. The fourth-order valence-electron chi connectivity index (χ4n) is 2.68. The van der Waals surface area contributed by atoms with E-state index in [0.717, 1.165) is 11.4 Å². The van der Waals surface area contributed by atoms with Crippen molar-refractivity contribution in [3.05, 3.63) is 12.4 Å². The van der Waals surface area contributed by atoms with Gasteiger partial charge in [-0.2, -0.15) is 5.10 Å². The molecule has 0 radical (unpaired) electrons. The molecule has 0 unspecified atom stereocenters. The Hall–Kier alpha value is -0.805. The molecule has 2 heterocycles. The monoisotopic (exact) mass is 262 g/mol. The van der Waals surface area contributed by atoms with Gasteiger partial charge in [0.15, 0.2) is 0 Å². The zero-order chi connectivity index (χ0) is 13.8. The van der Waals surface area contributed by atoms with Gasteiger partial charge in [-0.05, 0) is 46.5 Å². The highest BCUT2D eigenvalue weighted by Crippen LogP contribution is 2.38. The molecule has 19 heavy (non-hydrogen) atoms. The lowest BCUT2D eigenvalue weighted by molar-refractivity contribution is 0.00578. The maximum Gasteiger partial charge on any atom is 0.498 e. The molecular formula is C14H23BN2O2. The zero-order valence-electron chi connectivity index (χ0n) is 12.5. The van der Waals surface area contributed by atoms with E-state index in [9.17, 15) is 0 Å². The Morgan fingerprint density at radius 2 is 1.84 bits per heavy atom. The van der Waals surface area contributed by atoms with E-state index in [1.54, 1.807) is 0 Å². The molecule has 0 bridgehead atoms. The van der Waals surface area contributed by atoms with E-state index in [0.29, 0.717) is 6.04 Å². The van der Waals surface area contributed by atoms with Crippen LogP contribution in [0.25, 0.3) is 0 Å². The van der Waals surface area contributed by atoms with Gasteiger partial charge >= 0.3 is 7.12 Å². The van der Waals surface area contributed by atoms with E-state index in [1.807, 2.05) is 6.20 Å². The number of nitrogens with zero attached hydrogens (tertiary/aromatic N) is 2. The molecule has 0 amide bonds. The van der Waals surface area contributed by atoms with Crippen molar-refractivity contribution in [2.75, 3.05) is 0 Å². The molecule has 1 aliphatic carbocycles. The molecule has 104 valence electrons. The molecule has 1 aromatic rings. The third-order valence-electron chi connectivity index (χ3n) is 5.06. The summed E-state index contributed by atoms with van der Waals surface area (Å²) in [6.07, 6.45) is 6.50. The van der Waals surface area contributed by atoms with Crippen molar-refractivity contribution >= 4 is 12.6 Å². The molecule has 2 atom stereocenters. The molecule has 0 N–H and O–H groups in total. The lowest BCUT2D eigenvalue weighted by Crippen LogP contribution is -2.41. The fourth-order valence-corrected chi connectivity index (χ4v) is 2.68. The molecule has 1 saturated heterocycles. The summed E-state index contributed by atoms with van der Waals surface area (Å²) >= 11 is 0. The van der Waals surface area contributed by atoms with Crippen LogP contribution in [0.3, 0.4) is 0 Å². The van der Waals surface area contributed by atoms with Crippen LogP contribution in [-0.4, -0.2) is 28.1 Å². The predicted octanol–water partition coefficient (Wildman–Crippen LogP) is 2.15. The lowest BCUT2D eigenvalue weighted by atomic mass is 9.80. The van der Waals surface area contributed by atoms with Crippen LogP contribution in [0.15, 0.2) is 12.4 Å². The van der Waals surface area contributed by atoms with Gasteiger partial charge in [0.25, 0.3) is 0 Å². The van der Waals surface area contributed by atoms with Crippen LogP contribution in [0.4, 0.5) is 0 Å². The van der Waals surface area contributed by atoms with Crippen LogP contribution >= 0.6 is 0 Å². The molecule has 1 saturated carbocycles. The molecule has 2 fully saturated rings. The van der Waals surface area contributed by atoms with Gasteiger partial charge in [-0.15, -0.1) is 0 Å². The maximum atomic E-state index is 6.05. The summed E-state index contributed by atoms with van der Waals surface area (Å²) in [5, 5.41) is 4.49. The van der Waals surface area contributed by atoms with Gasteiger partial charge in [-0.1, -0.05) is 6.92 Å². The van der Waals surface area contributed by atoms with Crippen LogP contribution < -0.4 is 5.46 Å². The molecule has 1 aromatic heterocycles. The first-order chi connectivity index (χ1) is 8.80. The van der Waals surface area contributed by atoms with Crippen molar-refractivity contribution in [2.45, 2.75) is 64.7 Å². The Morgan fingerprint density at radius 3 is 2.32 bits per heavy atom. The third-order valence-corrected chi connectivity index (χ3v) is 5.06. The summed E-state index contributed by atoms with van der Waals surface area (Å²) in [5.74, 6) is 0.728. The summed E-state index contributed by atoms with van der Waals surface area (Å²) in [6, 6.07) is 0.552. The normalized spacial score (nSPS) is 32.4. The summed E-state index contributed by atoms with van der Waals surface area (Å²) in [5.41, 5.74) is 0.449. The molecule has 2 aliphatic rings. The number of aromatic nitrogens is 2. The van der Waals surface area contributed by atoms with Crippen LogP contribution in [-0.2, 0) is 9.31 Å². The Labute approximate surface area is 115 Å². The second-order valence-corrected chi connectivity index (χ2v) is 6.96. The first kappa shape index (κ1) is 13.2. The Morgan fingerprint density at radius 1 is 1.21 bits per heavy atom. The van der Waals surface area contributed by atoms with Crippen molar-refractivity contribution in [3.8, 4) is 0 Å². The van der Waals surface area contributed by atoms with Crippen LogP contribution in [0.2, 0.25) is 0 Å². The van der Waals surface area contributed by atoms with Gasteiger partial charge in [0.2, 0.25) is 0 Å². The summed E-state index contributed by atoms with van der Waals surface area (Å²) < 4.78 is 14.2. The Bertz CT molecular complexity index is 468. The molecular weight excluding hydrogens is 239 g/mol. The third kappa shape index (κ3) is 2.03. The van der Waals surface area contributed by atoms with Crippen molar-refractivity contribution in [1.82, 2.24) is 9.78 Å². The van der Waals surface area contributed by atoms with Crippen molar-refractivity contribution in [3.63, 3.8) is 0 Å². The minimum Gasteiger partial charge on any atom is -0.399 e. The van der Waals surface area contributed by atoms with Crippen LogP contribution in [0.5, 0.6) is 0 Å². The Balaban J connectivity index is 1.78. The highest BCUT2D eigenvalue weighted by Gasteiger charge is 2.52. The lowest BCUT2D eigenvalue weighted by Gasteiger charge is -2.33. The average molecular weight is 262 g/mol. The Kier molecular flexibility index (Phi) is 2.84. The topological polar surface area (TPSA) is 36.3 Å². The molecule has 0 aromatic carbocycles. The smallest absolute Gasteiger partial charge is 0.399 e. The molecule has 0 spiro atoms. The van der Waals surface area contributed by atoms with Gasteiger partial charge in [0.05, 0.1) is 17.2 Å². The van der Waals surface area contributed by atoms with E-state index < -0.39 is 0 Å². The average Bonchev–Trinajstić information content (AvgIpc) is 2.81. The van der Waals surface area contributed by atoms with E-state index in [1.165, 1.54) is 12.8 Å². The first-order valence-corrected chi connectivity index (χ1v) is 7.20. The maximum absolute atomic E-state index is 6.05. The molecule has 1 aliphatic heterocycles. The van der Waals surface area contributed by atoms with E-state index in [-0.39, 0.29) is 18.3 Å². The van der Waals surface area contributed by atoms with Gasteiger partial charge in [0, 0.05) is 17.9 Å².